The highest BCUT2D eigenvalue weighted by molar-refractivity contribution is 5.92. The van der Waals surface area contributed by atoms with E-state index in [0.717, 1.165) is 12.3 Å². The van der Waals surface area contributed by atoms with Crippen LogP contribution in [0.15, 0.2) is 45.8 Å². The van der Waals surface area contributed by atoms with Crippen molar-refractivity contribution in [3.8, 4) is 34.1 Å². The number of benzene rings is 2. The molecule has 0 atom stereocenters. The monoisotopic (exact) mass is 286 g/mol. The Labute approximate surface area is 117 Å². The Morgan fingerprint density at radius 1 is 0.905 bits per heavy atom. The Balaban J connectivity index is 2.36. The molecular formula is C15H10O6. The Hall–Kier alpha value is -3.15. The van der Waals surface area contributed by atoms with Crippen LogP contribution in [0.3, 0.4) is 0 Å². The number of hydrogen-bond donors (Lipinski definition) is 4. The van der Waals surface area contributed by atoms with Crippen LogP contribution in [0.4, 0.5) is 0 Å². The van der Waals surface area contributed by atoms with Gasteiger partial charge in [-0.1, -0.05) is 12.1 Å². The quantitative estimate of drug-likeness (QED) is 0.403. The molecule has 2 aromatic carbocycles. The van der Waals surface area contributed by atoms with Crippen LogP contribution < -0.4 is 5.43 Å². The zero-order valence-corrected chi connectivity index (χ0v) is 10.6. The summed E-state index contributed by atoms with van der Waals surface area (Å²) in [7, 11) is 0. The summed E-state index contributed by atoms with van der Waals surface area (Å²) in [5.41, 5.74) is -0.215. The predicted octanol–water partition coefficient (Wildman–Crippen LogP) is 2.28. The highest BCUT2D eigenvalue weighted by atomic mass is 16.4. The van der Waals surface area contributed by atoms with Gasteiger partial charge in [0.25, 0.3) is 0 Å². The van der Waals surface area contributed by atoms with Gasteiger partial charge in [0.1, 0.15) is 23.1 Å². The third kappa shape index (κ3) is 1.93. The first-order valence-corrected chi connectivity index (χ1v) is 5.98. The van der Waals surface area contributed by atoms with E-state index in [1.807, 2.05) is 0 Å². The molecule has 21 heavy (non-hydrogen) atoms. The fourth-order valence-electron chi connectivity index (χ4n) is 2.10. The number of phenolic OH excluding ortho intramolecular Hbond substituents is 4. The maximum atomic E-state index is 12.4. The third-order valence-electron chi connectivity index (χ3n) is 3.16. The van der Waals surface area contributed by atoms with Gasteiger partial charge >= 0.3 is 0 Å². The first kappa shape index (κ1) is 12.9. The second-order valence-electron chi connectivity index (χ2n) is 4.49. The zero-order chi connectivity index (χ0) is 15.1. The van der Waals surface area contributed by atoms with Gasteiger partial charge in [0.2, 0.25) is 11.2 Å². The molecule has 6 heteroatoms. The van der Waals surface area contributed by atoms with Crippen molar-refractivity contribution in [3.05, 3.63) is 46.8 Å². The van der Waals surface area contributed by atoms with Gasteiger partial charge in [-0.25, -0.2) is 0 Å². The zero-order valence-electron chi connectivity index (χ0n) is 10.6. The van der Waals surface area contributed by atoms with Crippen LogP contribution in [0.5, 0.6) is 23.0 Å². The minimum Gasteiger partial charge on any atom is -0.508 e. The van der Waals surface area contributed by atoms with Crippen LogP contribution in [-0.4, -0.2) is 20.4 Å². The average Bonchev–Trinajstić information content (AvgIpc) is 2.45. The van der Waals surface area contributed by atoms with Crippen LogP contribution in [0.2, 0.25) is 0 Å². The maximum Gasteiger partial charge on any atom is 0.204 e. The van der Waals surface area contributed by atoms with Crippen molar-refractivity contribution in [1.29, 1.82) is 0 Å². The lowest BCUT2D eigenvalue weighted by molar-refractivity contribution is 0.393. The van der Waals surface area contributed by atoms with E-state index in [2.05, 4.69) is 0 Å². The minimum atomic E-state index is -0.614. The van der Waals surface area contributed by atoms with Crippen LogP contribution in [0.25, 0.3) is 22.1 Å². The van der Waals surface area contributed by atoms with Gasteiger partial charge in [-0.05, 0) is 17.7 Å². The first-order chi connectivity index (χ1) is 9.99. The molecular weight excluding hydrogens is 276 g/mol. The number of aromatic hydroxyl groups is 4. The summed E-state index contributed by atoms with van der Waals surface area (Å²) in [5.74, 6) is -1.64. The molecule has 4 N–H and O–H groups in total. The van der Waals surface area contributed by atoms with Gasteiger partial charge < -0.3 is 24.8 Å². The minimum absolute atomic E-state index is 0.0503. The van der Waals surface area contributed by atoms with Gasteiger partial charge in [0.15, 0.2) is 11.3 Å². The van der Waals surface area contributed by atoms with Crippen molar-refractivity contribution in [1.82, 2.24) is 0 Å². The predicted molar refractivity (Wildman–Crippen MR) is 74.6 cm³/mol. The molecule has 0 saturated carbocycles. The lowest BCUT2D eigenvalue weighted by Crippen LogP contribution is -2.05. The highest BCUT2D eigenvalue weighted by Crippen LogP contribution is 2.38. The largest absolute Gasteiger partial charge is 0.508 e. The summed E-state index contributed by atoms with van der Waals surface area (Å²) in [5, 5.41) is 37.9. The topological polar surface area (TPSA) is 111 Å². The van der Waals surface area contributed by atoms with Crippen molar-refractivity contribution in [2.45, 2.75) is 0 Å². The molecule has 0 amide bonds. The van der Waals surface area contributed by atoms with E-state index in [9.17, 15) is 25.2 Å². The smallest absolute Gasteiger partial charge is 0.204 e. The molecule has 3 rings (SSSR count). The van der Waals surface area contributed by atoms with Crippen molar-refractivity contribution in [2.75, 3.05) is 0 Å². The maximum absolute atomic E-state index is 12.4. The lowest BCUT2D eigenvalue weighted by Gasteiger charge is -2.07. The molecule has 0 fully saturated rings. The van der Waals surface area contributed by atoms with Crippen molar-refractivity contribution in [3.63, 3.8) is 0 Å². The van der Waals surface area contributed by atoms with Crippen molar-refractivity contribution >= 4 is 11.0 Å². The molecule has 0 radical (unpaired) electrons. The van der Waals surface area contributed by atoms with Gasteiger partial charge in [-0.15, -0.1) is 0 Å². The van der Waals surface area contributed by atoms with Gasteiger partial charge in [-0.2, -0.15) is 0 Å². The molecule has 0 unspecified atom stereocenters. The van der Waals surface area contributed by atoms with Gasteiger partial charge in [0, 0.05) is 6.07 Å². The number of phenols is 4. The first-order valence-electron chi connectivity index (χ1n) is 5.98. The lowest BCUT2D eigenvalue weighted by atomic mass is 10.0. The molecule has 106 valence electrons. The summed E-state index contributed by atoms with van der Waals surface area (Å²) >= 11 is 0. The molecule has 1 heterocycles. The molecule has 0 aliphatic rings. The number of fused-ring (bicyclic) bond motifs is 1. The van der Waals surface area contributed by atoms with E-state index >= 15 is 0 Å². The van der Waals surface area contributed by atoms with E-state index in [0.29, 0.717) is 5.56 Å². The van der Waals surface area contributed by atoms with Crippen LogP contribution >= 0.6 is 0 Å². The fourth-order valence-corrected chi connectivity index (χ4v) is 2.10. The molecule has 1 aromatic heterocycles. The van der Waals surface area contributed by atoms with E-state index in [-0.39, 0.29) is 22.3 Å². The van der Waals surface area contributed by atoms with E-state index in [1.165, 1.54) is 24.3 Å². The van der Waals surface area contributed by atoms with E-state index < -0.39 is 22.7 Å². The third-order valence-corrected chi connectivity index (χ3v) is 3.16. The summed E-state index contributed by atoms with van der Waals surface area (Å²) in [6.07, 6.45) is 1.12. The van der Waals surface area contributed by atoms with Gasteiger partial charge in [-0.3, -0.25) is 4.79 Å². The number of hydrogen-bond acceptors (Lipinski definition) is 6. The van der Waals surface area contributed by atoms with Crippen LogP contribution in [0, 0.1) is 0 Å². The van der Waals surface area contributed by atoms with Crippen LogP contribution in [0.1, 0.15) is 0 Å². The highest BCUT2D eigenvalue weighted by Gasteiger charge is 2.18. The van der Waals surface area contributed by atoms with Crippen molar-refractivity contribution in [2.24, 2.45) is 0 Å². The van der Waals surface area contributed by atoms with Crippen molar-refractivity contribution < 1.29 is 24.8 Å². The molecule has 0 aliphatic carbocycles. The molecule has 0 bridgehead atoms. The number of rotatable bonds is 1. The summed E-state index contributed by atoms with van der Waals surface area (Å²) in [4.78, 5) is 12.4. The molecule has 0 spiro atoms. The Bertz CT molecular complexity index is 893. The second-order valence-corrected chi connectivity index (χ2v) is 4.49. The molecule has 6 nitrogen and oxygen atoms in total. The second kappa shape index (κ2) is 4.45. The molecule has 0 aliphatic heterocycles. The Kier molecular flexibility index (Phi) is 2.72. The fraction of sp³-hybridized carbons (Fsp3) is 0. The normalized spacial score (nSPS) is 10.9. The standard InChI is InChI=1S/C15H10O6/c16-8-3-1-7(2-4-8)9-6-21-15-12(13(9)19)10(17)5-11(18)14(15)20/h1-6,16-18,20H. The SMILES string of the molecule is O=c1c(-c2ccc(O)cc2)coc2c(O)c(O)cc(O)c12. The summed E-state index contributed by atoms with van der Waals surface area (Å²) in [6, 6.07) is 6.73. The molecule has 0 saturated heterocycles. The molecule has 3 aromatic rings. The summed E-state index contributed by atoms with van der Waals surface area (Å²) < 4.78 is 5.17. The Morgan fingerprint density at radius 3 is 2.24 bits per heavy atom. The van der Waals surface area contributed by atoms with Gasteiger partial charge in [0.05, 0.1) is 5.56 Å². The van der Waals surface area contributed by atoms with E-state index in [4.69, 9.17) is 4.42 Å². The average molecular weight is 286 g/mol. The van der Waals surface area contributed by atoms with Crippen LogP contribution in [-0.2, 0) is 0 Å². The van der Waals surface area contributed by atoms with E-state index in [1.54, 1.807) is 0 Å². The summed E-state index contributed by atoms with van der Waals surface area (Å²) in [6.45, 7) is 0. The Morgan fingerprint density at radius 2 is 1.57 bits per heavy atom.